The Bertz CT molecular complexity index is 394. The molecule has 1 saturated carbocycles. The minimum absolute atomic E-state index is 0.00689. The third-order valence-electron chi connectivity index (χ3n) is 4.18. The van der Waals surface area contributed by atoms with E-state index >= 15 is 0 Å². The van der Waals surface area contributed by atoms with Crippen LogP contribution in [-0.2, 0) is 18.7 Å². The number of hydrogen-bond donors (Lipinski definition) is 0. The van der Waals surface area contributed by atoms with Crippen LogP contribution in [0.5, 0.6) is 0 Å². The van der Waals surface area contributed by atoms with Crippen LogP contribution in [0.15, 0.2) is 12.2 Å². The van der Waals surface area contributed by atoms with Gasteiger partial charge in [0.05, 0.1) is 18.6 Å². The van der Waals surface area contributed by atoms with Crippen molar-refractivity contribution >= 4 is 40.0 Å². The summed E-state index contributed by atoms with van der Waals surface area (Å²) < 4.78 is 16.7. The minimum atomic E-state index is -0.0810. The molecular formula is C13H24BO4P3. The first-order valence-electron chi connectivity index (χ1n) is 7.45. The van der Waals surface area contributed by atoms with Crippen LogP contribution < -0.4 is 0 Å². The summed E-state index contributed by atoms with van der Waals surface area (Å²) in [5.41, 5.74) is 0. The number of carbonyl (C=O) groups is 1. The average Bonchev–Trinajstić information content (AvgIpc) is 2.90. The fraction of sp³-hybridized carbons (Fsp3) is 0.769. The van der Waals surface area contributed by atoms with Gasteiger partial charge >= 0.3 is 12.3 Å². The van der Waals surface area contributed by atoms with Crippen molar-refractivity contribution in [2.24, 2.45) is 11.8 Å². The van der Waals surface area contributed by atoms with Gasteiger partial charge in [-0.2, -0.15) is 0 Å². The Morgan fingerprint density at radius 3 is 2.90 bits per heavy atom. The van der Waals surface area contributed by atoms with Gasteiger partial charge in [-0.1, -0.05) is 25.5 Å². The van der Waals surface area contributed by atoms with Crippen LogP contribution in [0.2, 0.25) is 0 Å². The Labute approximate surface area is 134 Å². The zero-order chi connectivity index (χ0) is 15.4. The van der Waals surface area contributed by atoms with Gasteiger partial charge in [-0.3, -0.25) is 4.79 Å². The van der Waals surface area contributed by atoms with Crippen LogP contribution in [0.25, 0.3) is 0 Å². The second-order valence-corrected chi connectivity index (χ2v) is 8.05. The standard InChI is InChI=1S/C13H24BO4P3/c1-2-3-8(18-21)4-5-9-10-6-13(15)16-11(10)7-12(9)17-14(19)20/h4-5,8-12H,2-3,6-7,19-21H2,1H3/b5-4+/t8-,9-,10-,11+,12-/m1/s1. The molecule has 0 N–H and O–H groups in total. The molecule has 1 aliphatic carbocycles. The number of esters is 1. The molecule has 2 rings (SSSR count). The zero-order valence-electron chi connectivity index (χ0n) is 12.3. The lowest BCUT2D eigenvalue weighted by Crippen LogP contribution is -2.24. The second-order valence-electron chi connectivity index (χ2n) is 5.70. The van der Waals surface area contributed by atoms with Crippen LogP contribution in [0, 0.1) is 11.8 Å². The van der Waals surface area contributed by atoms with Crippen molar-refractivity contribution in [3.8, 4) is 0 Å². The Kier molecular flexibility index (Phi) is 7.11. The maximum atomic E-state index is 11.5. The number of hydrogen-bond acceptors (Lipinski definition) is 4. The number of carbonyl (C=O) groups excluding carboxylic acids is 1. The SMILES string of the molecule is CCC[C@H](/C=C/[C@@H]1[C@H]2CC(=O)O[C@H]2C[C@H]1OB(P)P)OP. The fourth-order valence-electron chi connectivity index (χ4n) is 3.26. The maximum Gasteiger partial charge on any atom is 0.336 e. The predicted octanol–water partition coefficient (Wildman–Crippen LogP) is 2.59. The summed E-state index contributed by atoms with van der Waals surface area (Å²) >= 11 is 0. The lowest BCUT2D eigenvalue weighted by atomic mass is 9.91. The average molecular weight is 348 g/mol. The molecule has 0 spiro atoms. The van der Waals surface area contributed by atoms with Crippen LogP contribution in [0.4, 0.5) is 0 Å². The van der Waals surface area contributed by atoms with Crippen molar-refractivity contribution in [3.05, 3.63) is 12.2 Å². The topological polar surface area (TPSA) is 44.8 Å². The van der Waals surface area contributed by atoms with Crippen molar-refractivity contribution in [3.63, 3.8) is 0 Å². The largest absolute Gasteiger partial charge is 0.462 e. The highest BCUT2D eigenvalue weighted by molar-refractivity contribution is 7.92. The molecule has 118 valence electrons. The fourth-order valence-corrected chi connectivity index (χ4v) is 3.89. The molecule has 0 amide bonds. The molecular weight excluding hydrogens is 324 g/mol. The molecule has 0 aromatic heterocycles. The predicted molar refractivity (Wildman–Crippen MR) is 94.8 cm³/mol. The van der Waals surface area contributed by atoms with E-state index < -0.39 is 0 Å². The Balaban J connectivity index is 2.06. The van der Waals surface area contributed by atoms with E-state index in [4.69, 9.17) is 13.9 Å². The normalized spacial score (nSPS) is 33.2. The van der Waals surface area contributed by atoms with Crippen molar-refractivity contribution in [1.29, 1.82) is 0 Å². The highest BCUT2D eigenvalue weighted by Crippen LogP contribution is 2.44. The van der Waals surface area contributed by atoms with Crippen molar-refractivity contribution in [1.82, 2.24) is 0 Å². The van der Waals surface area contributed by atoms with Gasteiger partial charge in [-0.15, -0.1) is 18.2 Å². The zero-order valence-corrected chi connectivity index (χ0v) is 15.8. The minimum Gasteiger partial charge on any atom is -0.462 e. The van der Waals surface area contributed by atoms with Gasteiger partial charge in [-0.25, -0.2) is 0 Å². The molecule has 4 nitrogen and oxygen atoms in total. The summed E-state index contributed by atoms with van der Waals surface area (Å²) in [6.45, 7) is 2.14. The van der Waals surface area contributed by atoms with E-state index in [1.165, 1.54) is 0 Å². The molecule has 2 aliphatic rings. The molecule has 1 saturated heterocycles. The van der Waals surface area contributed by atoms with Gasteiger partial charge in [0, 0.05) is 27.7 Å². The summed E-state index contributed by atoms with van der Waals surface area (Å²) in [7, 11) is 7.59. The molecule has 2 fully saturated rings. The number of ether oxygens (including phenoxy) is 1. The van der Waals surface area contributed by atoms with Gasteiger partial charge < -0.3 is 13.9 Å². The molecule has 1 aliphatic heterocycles. The Morgan fingerprint density at radius 2 is 2.29 bits per heavy atom. The second kappa shape index (κ2) is 8.37. The summed E-state index contributed by atoms with van der Waals surface area (Å²) in [5, 5.41) is 0. The molecule has 0 aromatic rings. The van der Waals surface area contributed by atoms with Gasteiger partial charge in [-0.05, 0) is 6.42 Å². The number of fused-ring (bicyclic) bond motifs is 1. The van der Waals surface area contributed by atoms with E-state index in [0.29, 0.717) is 6.42 Å². The first-order chi connectivity index (χ1) is 10.0. The van der Waals surface area contributed by atoms with Gasteiger partial charge in [0.15, 0.2) is 0 Å². The van der Waals surface area contributed by atoms with Gasteiger partial charge in [0.25, 0.3) is 0 Å². The molecule has 8 heteroatoms. The molecule has 21 heavy (non-hydrogen) atoms. The quantitative estimate of drug-likeness (QED) is 0.307. The summed E-state index contributed by atoms with van der Waals surface area (Å²) in [4.78, 5) is 11.5. The third-order valence-corrected chi connectivity index (χ3v) is 4.84. The maximum absolute atomic E-state index is 11.5. The van der Waals surface area contributed by atoms with Crippen molar-refractivity contribution < 1.29 is 18.7 Å². The van der Waals surface area contributed by atoms with Gasteiger partial charge in [0.1, 0.15) is 6.10 Å². The highest BCUT2D eigenvalue weighted by atomic mass is 31.1. The van der Waals surface area contributed by atoms with Crippen LogP contribution in [-0.4, -0.2) is 30.6 Å². The number of rotatable bonds is 7. The Morgan fingerprint density at radius 1 is 1.52 bits per heavy atom. The third kappa shape index (κ3) is 4.73. The summed E-state index contributed by atoms with van der Waals surface area (Å²) in [6.07, 6.45) is 7.82. The van der Waals surface area contributed by atoms with Crippen LogP contribution in [0.1, 0.15) is 32.6 Å². The lowest BCUT2D eigenvalue weighted by Gasteiger charge is -2.22. The molecule has 3 unspecified atom stereocenters. The van der Waals surface area contributed by atoms with Gasteiger partial charge in [0.2, 0.25) is 0 Å². The van der Waals surface area contributed by atoms with E-state index in [9.17, 15) is 4.79 Å². The summed E-state index contributed by atoms with van der Waals surface area (Å²) in [6, 6.07) is 0. The Hall–Kier alpha value is 0.485. The lowest BCUT2D eigenvalue weighted by molar-refractivity contribution is -0.141. The van der Waals surface area contributed by atoms with Crippen LogP contribution in [0.3, 0.4) is 0 Å². The van der Waals surface area contributed by atoms with E-state index in [1.54, 1.807) is 0 Å². The monoisotopic (exact) mass is 348 g/mol. The molecule has 0 bridgehead atoms. The molecule has 8 atom stereocenters. The molecule has 0 aromatic carbocycles. The highest BCUT2D eigenvalue weighted by Gasteiger charge is 2.49. The van der Waals surface area contributed by atoms with E-state index in [1.807, 2.05) is 0 Å². The first kappa shape index (κ1) is 17.8. The van der Waals surface area contributed by atoms with E-state index in [2.05, 4.69) is 46.8 Å². The molecule has 0 radical (unpaired) electrons. The van der Waals surface area contributed by atoms with Crippen molar-refractivity contribution in [2.75, 3.05) is 0 Å². The van der Waals surface area contributed by atoms with E-state index in [0.717, 1.165) is 19.3 Å². The smallest absolute Gasteiger partial charge is 0.336 e. The van der Waals surface area contributed by atoms with E-state index in [-0.39, 0.29) is 42.5 Å². The van der Waals surface area contributed by atoms with Crippen LogP contribution >= 0.6 is 27.7 Å². The summed E-state index contributed by atoms with van der Waals surface area (Å²) in [5.74, 6) is 0.367. The van der Waals surface area contributed by atoms with Crippen molar-refractivity contribution in [2.45, 2.75) is 50.9 Å². The molecule has 1 heterocycles. The first-order valence-corrected chi connectivity index (χ1v) is 9.25.